The fourth-order valence-corrected chi connectivity index (χ4v) is 4.35. The maximum absolute atomic E-state index is 13.1. The third kappa shape index (κ3) is 3.11. The van der Waals surface area contributed by atoms with E-state index in [4.69, 9.17) is 0 Å². The zero-order valence-corrected chi connectivity index (χ0v) is 16.2. The maximum Gasteiger partial charge on any atom is 0.325 e. The average molecular weight is 369 g/mol. The molecular weight excluding hydrogens is 342 g/mol. The molecule has 4 amide bonds. The summed E-state index contributed by atoms with van der Waals surface area (Å²) in [5.41, 5.74) is 1.70. The van der Waals surface area contributed by atoms with Crippen LogP contribution in [0.4, 0.5) is 4.79 Å². The Morgan fingerprint density at radius 3 is 2.41 bits per heavy atom. The molecule has 1 N–H and O–H groups in total. The highest BCUT2D eigenvalue weighted by atomic mass is 16.2. The molecule has 1 aromatic carbocycles. The van der Waals surface area contributed by atoms with Gasteiger partial charge in [0.15, 0.2) is 0 Å². The molecule has 27 heavy (non-hydrogen) atoms. The fraction of sp³-hybridized carbons (Fsp3) is 0.571. The van der Waals surface area contributed by atoms with Crippen LogP contribution in [0.15, 0.2) is 24.3 Å². The van der Waals surface area contributed by atoms with Gasteiger partial charge >= 0.3 is 6.03 Å². The lowest BCUT2D eigenvalue weighted by Crippen LogP contribution is -2.54. The first-order valence-corrected chi connectivity index (χ1v) is 9.78. The predicted molar refractivity (Wildman–Crippen MR) is 101 cm³/mol. The van der Waals surface area contributed by atoms with Crippen LogP contribution in [0.1, 0.15) is 56.6 Å². The van der Waals surface area contributed by atoms with Gasteiger partial charge in [0, 0.05) is 12.1 Å². The number of urea groups is 1. The van der Waals surface area contributed by atoms with E-state index in [0.717, 1.165) is 25.7 Å². The molecular formula is C21H27N3O3. The smallest absolute Gasteiger partial charge is 0.325 e. The second kappa shape index (κ2) is 6.36. The zero-order chi connectivity index (χ0) is 19.3. The lowest BCUT2D eigenvalue weighted by molar-refractivity contribution is -0.138. The Hall–Kier alpha value is -2.37. The van der Waals surface area contributed by atoms with Crippen LogP contribution < -0.4 is 5.32 Å². The van der Waals surface area contributed by atoms with Crippen molar-refractivity contribution in [3.05, 3.63) is 35.4 Å². The topological polar surface area (TPSA) is 69.7 Å². The summed E-state index contributed by atoms with van der Waals surface area (Å²) in [5.74, 6) is 0.114. The average Bonchev–Trinajstić information content (AvgIpc) is 3.37. The Labute approximate surface area is 159 Å². The number of imide groups is 1. The normalized spacial score (nSPS) is 26.6. The van der Waals surface area contributed by atoms with E-state index in [2.05, 4.69) is 36.5 Å². The molecule has 0 unspecified atom stereocenters. The minimum Gasteiger partial charge on any atom is -0.335 e. The van der Waals surface area contributed by atoms with Gasteiger partial charge in [-0.15, -0.1) is 0 Å². The summed E-state index contributed by atoms with van der Waals surface area (Å²) in [6.07, 6.45) is 4.01. The van der Waals surface area contributed by atoms with E-state index in [-0.39, 0.29) is 24.4 Å². The highest BCUT2D eigenvalue weighted by Gasteiger charge is 2.49. The van der Waals surface area contributed by atoms with Crippen molar-refractivity contribution < 1.29 is 14.4 Å². The summed E-state index contributed by atoms with van der Waals surface area (Å²) in [5, 5.41) is 2.32. The second-order valence-electron chi connectivity index (χ2n) is 8.62. The summed E-state index contributed by atoms with van der Waals surface area (Å²) in [4.78, 5) is 40.5. The summed E-state index contributed by atoms with van der Waals surface area (Å²) >= 11 is 0. The van der Waals surface area contributed by atoms with Crippen molar-refractivity contribution in [2.75, 3.05) is 6.54 Å². The summed E-state index contributed by atoms with van der Waals surface area (Å²) in [7, 11) is 0. The van der Waals surface area contributed by atoms with Crippen molar-refractivity contribution in [1.82, 2.24) is 15.1 Å². The zero-order valence-electron chi connectivity index (χ0n) is 16.2. The van der Waals surface area contributed by atoms with Crippen molar-refractivity contribution >= 4 is 17.8 Å². The van der Waals surface area contributed by atoms with Crippen molar-refractivity contribution in [2.45, 2.75) is 70.0 Å². The van der Waals surface area contributed by atoms with Gasteiger partial charge in [0.25, 0.3) is 5.91 Å². The van der Waals surface area contributed by atoms with Crippen LogP contribution in [0.5, 0.6) is 0 Å². The number of benzene rings is 1. The van der Waals surface area contributed by atoms with Gasteiger partial charge in [-0.2, -0.15) is 0 Å². The van der Waals surface area contributed by atoms with E-state index in [1.54, 1.807) is 13.8 Å². The lowest BCUT2D eigenvalue weighted by atomic mass is 9.73. The maximum atomic E-state index is 13.1. The Morgan fingerprint density at radius 2 is 1.85 bits per heavy atom. The van der Waals surface area contributed by atoms with Crippen molar-refractivity contribution in [1.29, 1.82) is 0 Å². The lowest BCUT2D eigenvalue weighted by Gasteiger charge is -2.44. The fourth-order valence-electron chi connectivity index (χ4n) is 4.35. The van der Waals surface area contributed by atoms with E-state index in [0.29, 0.717) is 12.0 Å². The number of hydrogen-bond donors (Lipinski definition) is 1. The van der Waals surface area contributed by atoms with Crippen LogP contribution in [0.25, 0.3) is 0 Å². The van der Waals surface area contributed by atoms with E-state index >= 15 is 0 Å². The van der Waals surface area contributed by atoms with Crippen LogP contribution in [-0.4, -0.2) is 51.8 Å². The quantitative estimate of drug-likeness (QED) is 0.811. The number of rotatable bonds is 5. The highest BCUT2D eigenvalue weighted by molar-refractivity contribution is 6.07. The Bertz CT molecular complexity index is 794. The first kappa shape index (κ1) is 18.0. The molecule has 4 rings (SSSR count). The third-order valence-electron chi connectivity index (χ3n) is 6.35. The van der Waals surface area contributed by atoms with Crippen molar-refractivity contribution in [3.63, 3.8) is 0 Å². The Balaban J connectivity index is 1.44. The molecule has 2 aliphatic carbocycles. The number of nitrogens with one attached hydrogen (secondary N) is 1. The predicted octanol–water partition coefficient (Wildman–Crippen LogP) is 2.56. The van der Waals surface area contributed by atoms with Crippen LogP contribution in [0.3, 0.4) is 0 Å². The molecule has 0 bridgehead atoms. The third-order valence-corrected chi connectivity index (χ3v) is 6.35. The van der Waals surface area contributed by atoms with Gasteiger partial charge in [-0.3, -0.25) is 14.9 Å². The standard InChI is InChI=1S/C21H27N3O3/c1-13-6-4-5-7-17(13)14-10-16(11-14)24(15-8-9-15)18(25)12-23-20(27)22-19(26)21(23,2)3/h4-7,14-16H,8-12H2,1-3H3,(H,22,26,27). The van der Waals surface area contributed by atoms with Gasteiger partial charge in [-0.1, -0.05) is 24.3 Å². The minimum absolute atomic E-state index is 0.0351. The number of carbonyl (C=O) groups is 3. The first-order valence-electron chi connectivity index (χ1n) is 9.78. The van der Waals surface area contributed by atoms with Crippen LogP contribution in [0, 0.1) is 6.92 Å². The number of amides is 4. The van der Waals surface area contributed by atoms with Crippen LogP contribution >= 0.6 is 0 Å². The van der Waals surface area contributed by atoms with Gasteiger partial charge in [-0.25, -0.2) is 4.79 Å². The largest absolute Gasteiger partial charge is 0.335 e. The van der Waals surface area contributed by atoms with Gasteiger partial charge in [-0.05, 0) is 63.5 Å². The van der Waals surface area contributed by atoms with Crippen molar-refractivity contribution in [2.24, 2.45) is 0 Å². The number of hydrogen-bond acceptors (Lipinski definition) is 3. The molecule has 6 nitrogen and oxygen atoms in total. The van der Waals surface area contributed by atoms with E-state index in [1.807, 2.05) is 4.90 Å². The van der Waals surface area contributed by atoms with E-state index in [9.17, 15) is 14.4 Å². The molecule has 1 saturated heterocycles. The molecule has 0 radical (unpaired) electrons. The second-order valence-corrected chi connectivity index (χ2v) is 8.62. The molecule has 144 valence electrons. The van der Waals surface area contributed by atoms with E-state index in [1.165, 1.54) is 16.0 Å². The summed E-state index contributed by atoms with van der Waals surface area (Å²) in [6.45, 7) is 5.46. The Kier molecular flexibility index (Phi) is 4.24. The molecule has 6 heteroatoms. The summed E-state index contributed by atoms with van der Waals surface area (Å²) in [6, 6.07) is 8.51. The molecule has 0 aromatic heterocycles. The van der Waals surface area contributed by atoms with Gasteiger partial charge < -0.3 is 9.80 Å². The molecule has 0 spiro atoms. The number of nitrogens with zero attached hydrogens (tertiary/aromatic N) is 2. The minimum atomic E-state index is -0.981. The molecule has 1 aliphatic heterocycles. The molecule has 1 aromatic rings. The molecule has 3 fully saturated rings. The van der Waals surface area contributed by atoms with Gasteiger partial charge in [0.1, 0.15) is 12.1 Å². The van der Waals surface area contributed by atoms with Gasteiger partial charge in [0.2, 0.25) is 5.91 Å². The first-order chi connectivity index (χ1) is 12.8. The van der Waals surface area contributed by atoms with Crippen LogP contribution in [0.2, 0.25) is 0 Å². The van der Waals surface area contributed by atoms with Crippen LogP contribution in [-0.2, 0) is 9.59 Å². The summed E-state index contributed by atoms with van der Waals surface area (Å²) < 4.78 is 0. The Morgan fingerprint density at radius 1 is 1.19 bits per heavy atom. The SMILES string of the molecule is Cc1ccccc1C1CC(N(C(=O)CN2C(=O)NC(=O)C2(C)C)C2CC2)C1. The number of carbonyl (C=O) groups excluding carboxylic acids is 3. The molecule has 1 heterocycles. The van der Waals surface area contributed by atoms with Crippen molar-refractivity contribution in [3.8, 4) is 0 Å². The highest BCUT2D eigenvalue weighted by Crippen LogP contribution is 2.44. The van der Waals surface area contributed by atoms with Gasteiger partial charge in [0.05, 0.1) is 0 Å². The monoisotopic (exact) mass is 369 g/mol. The molecule has 0 atom stereocenters. The molecule has 3 aliphatic rings. The van der Waals surface area contributed by atoms with E-state index < -0.39 is 11.6 Å². The number of aryl methyl sites for hydroxylation is 1. The molecule has 2 saturated carbocycles.